The molecule has 1 N–H and O–H groups in total. The molecule has 2 unspecified atom stereocenters. The first-order valence-electron chi connectivity index (χ1n) is 8.07. The Kier molecular flexibility index (Phi) is 6.30. The number of nitrogens with zero attached hydrogens (tertiary/aromatic N) is 1. The molecule has 120 valence electrons. The van der Waals surface area contributed by atoms with Crippen LogP contribution in [0.5, 0.6) is 0 Å². The predicted octanol–water partition coefficient (Wildman–Crippen LogP) is 4.75. The standard InChI is InChI=1S/C17H29BrN2S/c1-5-19-16-14(7-6-8-17(16,2)3)11-20(4)10-13-9-15(18)21-12-13/h9,12,14,16,19H,5-8,10-11H2,1-4H3. The van der Waals surface area contributed by atoms with Gasteiger partial charge in [0.2, 0.25) is 0 Å². The quantitative estimate of drug-likeness (QED) is 0.774. The second kappa shape index (κ2) is 7.58. The van der Waals surface area contributed by atoms with Crippen molar-refractivity contribution in [1.82, 2.24) is 10.2 Å². The first-order valence-corrected chi connectivity index (χ1v) is 9.74. The largest absolute Gasteiger partial charge is 0.313 e. The Bertz CT molecular complexity index is 444. The molecule has 0 saturated heterocycles. The van der Waals surface area contributed by atoms with Crippen molar-refractivity contribution in [3.05, 3.63) is 20.8 Å². The fourth-order valence-electron chi connectivity index (χ4n) is 3.84. The van der Waals surface area contributed by atoms with E-state index in [0.29, 0.717) is 11.5 Å². The maximum absolute atomic E-state index is 3.77. The third kappa shape index (κ3) is 4.78. The molecule has 0 aromatic carbocycles. The monoisotopic (exact) mass is 372 g/mol. The molecular formula is C17H29BrN2S. The van der Waals surface area contributed by atoms with Crippen molar-refractivity contribution in [2.75, 3.05) is 20.1 Å². The molecule has 0 bridgehead atoms. The van der Waals surface area contributed by atoms with E-state index in [1.54, 1.807) is 11.3 Å². The molecule has 2 atom stereocenters. The zero-order valence-corrected chi connectivity index (χ0v) is 16.2. The molecule has 1 aliphatic carbocycles. The van der Waals surface area contributed by atoms with Crippen LogP contribution in [0.3, 0.4) is 0 Å². The Labute approximate surface area is 142 Å². The Morgan fingerprint density at radius 3 is 2.86 bits per heavy atom. The maximum atomic E-state index is 3.77. The summed E-state index contributed by atoms with van der Waals surface area (Å²) >= 11 is 5.33. The van der Waals surface area contributed by atoms with Crippen LogP contribution < -0.4 is 5.32 Å². The van der Waals surface area contributed by atoms with Gasteiger partial charge in [-0.3, -0.25) is 0 Å². The van der Waals surface area contributed by atoms with Crippen molar-refractivity contribution in [3.63, 3.8) is 0 Å². The summed E-state index contributed by atoms with van der Waals surface area (Å²) in [6, 6.07) is 2.89. The molecule has 0 spiro atoms. The fraction of sp³-hybridized carbons (Fsp3) is 0.765. The van der Waals surface area contributed by atoms with Gasteiger partial charge < -0.3 is 10.2 Å². The highest BCUT2D eigenvalue weighted by atomic mass is 79.9. The minimum absolute atomic E-state index is 0.422. The van der Waals surface area contributed by atoms with E-state index in [-0.39, 0.29) is 0 Å². The van der Waals surface area contributed by atoms with E-state index in [4.69, 9.17) is 0 Å². The number of hydrogen-bond donors (Lipinski definition) is 1. The predicted molar refractivity (Wildman–Crippen MR) is 96.9 cm³/mol. The Balaban J connectivity index is 1.95. The molecule has 1 aromatic heterocycles. The van der Waals surface area contributed by atoms with Crippen molar-refractivity contribution in [2.24, 2.45) is 11.3 Å². The van der Waals surface area contributed by atoms with Crippen LogP contribution in [0.4, 0.5) is 0 Å². The van der Waals surface area contributed by atoms with Gasteiger partial charge >= 0.3 is 0 Å². The van der Waals surface area contributed by atoms with Gasteiger partial charge in [-0.1, -0.05) is 27.2 Å². The molecular weight excluding hydrogens is 344 g/mol. The highest BCUT2D eigenvalue weighted by Crippen LogP contribution is 2.39. The zero-order chi connectivity index (χ0) is 15.5. The minimum atomic E-state index is 0.422. The van der Waals surface area contributed by atoms with Gasteiger partial charge in [0.1, 0.15) is 0 Å². The molecule has 1 aromatic rings. The van der Waals surface area contributed by atoms with E-state index < -0.39 is 0 Å². The van der Waals surface area contributed by atoms with E-state index in [2.05, 4.69) is 65.4 Å². The Hall–Kier alpha value is 0.100. The van der Waals surface area contributed by atoms with Crippen molar-refractivity contribution >= 4 is 27.3 Å². The Morgan fingerprint density at radius 2 is 2.24 bits per heavy atom. The van der Waals surface area contributed by atoms with Gasteiger partial charge in [-0.2, -0.15) is 0 Å². The van der Waals surface area contributed by atoms with Crippen LogP contribution in [0.2, 0.25) is 0 Å². The van der Waals surface area contributed by atoms with Gasteiger partial charge in [-0.25, -0.2) is 0 Å². The smallest absolute Gasteiger partial charge is 0.0701 e. The van der Waals surface area contributed by atoms with Crippen molar-refractivity contribution in [3.8, 4) is 0 Å². The van der Waals surface area contributed by atoms with Gasteiger partial charge in [-0.15, -0.1) is 11.3 Å². The molecule has 1 heterocycles. The third-order valence-electron chi connectivity index (χ3n) is 4.75. The van der Waals surface area contributed by atoms with Crippen LogP contribution in [0.15, 0.2) is 15.2 Å². The number of rotatable bonds is 6. The molecule has 0 radical (unpaired) electrons. The summed E-state index contributed by atoms with van der Waals surface area (Å²) in [6.45, 7) is 10.4. The third-order valence-corrected chi connectivity index (χ3v) is 6.31. The molecule has 0 amide bonds. The van der Waals surface area contributed by atoms with Crippen LogP contribution in [-0.2, 0) is 6.54 Å². The highest BCUT2D eigenvalue weighted by Gasteiger charge is 2.38. The lowest BCUT2D eigenvalue weighted by Gasteiger charge is -2.45. The minimum Gasteiger partial charge on any atom is -0.313 e. The lowest BCUT2D eigenvalue weighted by atomic mass is 9.67. The summed E-state index contributed by atoms with van der Waals surface area (Å²) in [4.78, 5) is 2.49. The number of nitrogens with one attached hydrogen (secondary N) is 1. The van der Waals surface area contributed by atoms with Gasteiger partial charge in [0, 0.05) is 19.1 Å². The van der Waals surface area contributed by atoms with Crippen LogP contribution >= 0.6 is 27.3 Å². The first-order chi connectivity index (χ1) is 9.92. The van der Waals surface area contributed by atoms with Crippen LogP contribution in [-0.4, -0.2) is 31.1 Å². The summed E-state index contributed by atoms with van der Waals surface area (Å²) in [5, 5.41) is 6.02. The van der Waals surface area contributed by atoms with Gasteiger partial charge in [0.05, 0.1) is 3.79 Å². The van der Waals surface area contributed by atoms with E-state index in [1.807, 2.05) is 0 Å². The summed E-state index contributed by atoms with van der Waals surface area (Å²) < 4.78 is 1.23. The second-order valence-electron chi connectivity index (χ2n) is 7.13. The summed E-state index contributed by atoms with van der Waals surface area (Å²) in [5.74, 6) is 0.765. The SMILES string of the molecule is CCNC1C(CN(C)Cc2csc(Br)c2)CCCC1(C)C. The van der Waals surface area contributed by atoms with Gasteiger partial charge in [0.15, 0.2) is 0 Å². The maximum Gasteiger partial charge on any atom is 0.0701 e. The average Bonchev–Trinajstić information content (AvgIpc) is 2.78. The molecule has 1 fully saturated rings. The summed E-state index contributed by atoms with van der Waals surface area (Å²) in [7, 11) is 2.26. The molecule has 1 saturated carbocycles. The molecule has 4 heteroatoms. The van der Waals surface area contributed by atoms with Crippen LogP contribution in [0.1, 0.15) is 45.6 Å². The Morgan fingerprint density at radius 1 is 1.48 bits per heavy atom. The summed E-state index contributed by atoms with van der Waals surface area (Å²) in [6.07, 6.45) is 4.08. The van der Waals surface area contributed by atoms with Crippen molar-refractivity contribution in [2.45, 2.75) is 52.6 Å². The molecule has 2 rings (SSSR count). The van der Waals surface area contributed by atoms with E-state index >= 15 is 0 Å². The fourth-order valence-corrected chi connectivity index (χ4v) is 5.05. The first kappa shape index (κ1) is 17.5. The lowest BCUT2D eigenvalue weighted by Crippen LogP contribution is -2.52. The molecule has 21 heavy (non-hydrogen) atoms. The molecule has 2 nitrogen and oxygen atoms in total. The topological polar surface area (TPSA) is 15.3 Å². The second-order valence-corrected chi connectivity index (χ2v) is 9.42. The summed E-state index contributed by atoms with van der Waals surface area (Å²) in [5.41, 5.74) is 1.84. The number of thiophene rings is 1. The van der Waals surface area contributed by atoms with Gasteiger partial charge in [-0.05, 0) is 70.7 Å². The van der Waals surface area contributed by atoms with E-state index in [1.165, 1.54) is 35.2 Å². The van der Waals surface area contributed by atoms with Crippen molar-refractivity contribution in [1.29, 1.82) is 0 Å². The van der Waals surface area contributed by atoms with Gasteiger partial charge in [0.25, 0.3) is 0 Å². The lowest BCUT2D eigenvalue weighted by molar-refractivity contribution is 0.0848. The van der Waals surface area contributed by atoms with E-state index in [9.17, 15) is 0 Å². The van der Waals surface area contributed by atoms with Crippen LogP contribution in [0, 0.1) is 11.3 Å². The molecule has 0 aliphatic heterocycles. The average molecular weight is 373 g/mol. The number of halogens is 1. The number of hydrogen-bond acceptors (Lipinski definition) is 3. The highest BCUT2D eigenvalue weighted by molar-refractivity contribution is 9.11. The molecule has 1 aliphatic rings. The zero-order valence-electron chi connectivity index (χ0n) is 13.8. The van der Waals surface area contributed by atoms with Crippen LogP contribution in [0.25, 0.3) is 0 Å². The van der Waals surface area contributed by atoms with Crippen molar-refractivity contribution < 1.29 is 0 Å². The van der Waals surface area contributed by atoms with E-state index in [0.717, 1.165) is 19.0 Å². The normalized spacial score (nSPS) is 25.4.